The van der Waals surface area contributed by atoms with Crippen LogP contribution in [0.15, 0.2) is 59.6 Å². The Labute approximate surface area is 160 Å². The van der Waals surface area contributed by atoms with Crippen molar-refractivity contribution in [3.8, 4) is 0 Å². The molecule has 1 amide bonds. The van der Waals surface area contributed by atoms with Gasteiger partial charge in [-0.25, -0.2) is 4.99 Å². The molecule has 2 N–H and O–H groups in total. The largest absolute Gasteiger partial charge is 0.350 e. The number of nitrogens with one attached hydrogen (secondary N) is 2. The van der Waals surface area contributed by atoms with Crippen LogP contribution in [0.3, 0.4) is 0 Å². The molecule has 138 valence electrons. The van der Waals surface area contributed by atoms with E-state index in [-0.39, 0.29) is 18.5 Å². The van der Waals surface area contributed by atoms with Gasteiger partial charge in [-0.1, -0.05) is 60.1 Å². The molecule has 0 heterocycles. The van der Waals surface area contributed by atoms with Crippen molar-refractivity contribution in [1.82, 2.24) is 15.5 Å². The third kappa shape index (κ3) is 6.08. The molecule has 2 aromatic rings. The second-order valence-corrected chi connectivity index (χ2v) is 6.58. The maximum absolute atomic E-state index is 11.9. The molecule has 1 atom stereocenters. The van der Waals surface area contributed by atoms with E-state index in [0.29, 0.717) is 17.5 Å². The Hall–Kier alpha value is -2.53. The number of amides is 1. The maximum atomic E-state index is 11.9. The zero-order valence-electron chi connectivity index (χ0n) is 15.4. The van der Waals surface area contributed by atoms with Gasteiger partial charge in [0.2, 0.25) is 5.91 Å². The van der Waals surface area contributed by atoms with E-state index in [9.17, 15) is 4.79 Å². The SMILES string of the molecule is CC(NC(=NCc1ccccc1Cl)NCC(=O)N(C)C)c1ccccc1. The number of likely N-dealkylation sites (N-methyl/N-ethyl adjacent to an activating group) is 1. The second-order valence-electron chi connectivity index (χ2n) is 6.17. The number of benzene rings is 2. The van der Waals surface area contributed by atoms with Crippen molar-refractivity contribution in [1.29, 1.82) is 0 Å². The van der Waals surface area contributed by atoms with Gasteiger partial charge in [0, 0.05) is 19.1 Å². The third-order valence-corrected chi connectivity index (χ3v) is 4.29. The lowest BCUT2D eigenvalue weighted by atomic mass is 10.1. The van der Waals surface area contributed by atoms with Gasteiger partial charge in [0.05, 0.1) is 19.1 Å². The molecular formula is C20H25ClN4O. The van der Waals surface area contributed by atoms with Crippen LogP contribution in [0.1, 0.15) is 24.1 Å². The van der Waals surface area contributed by atoms with Crippen LogP contribution >= 0.6 is 11.6 Å². The fraction of sp³-hybridized carbons (Fsp3) is 0.300. The second kappa shape index (κ2) is 9.82. The van der Waals surface area contributed by atoms with Gasteiger partial charge in [-0.15, -0.1) is 0 Å². The lowest BCUT2D eigenvalue weighted by Crippen LogP contribution is -2.43. The van der Waals surface area contributed by atoms with Crippen LogP contribution in [0, 0.1) is 0 Å². The summed E-state index contributed by atoms with van der Waals surface area (Å²) in [5.41, 5.74) is 2.07. The predicted molar refractivity (Wildman–Crippen MR) is 107 cm³/mol. The van der Waals surface area contributed by atoms with E-state index in [4.69, 9.17) is 11.6 Å². The summed E-state index contributed by atoms with van der Waals surface area (Å²) >= 11 is 6.21. The van der Waals surface area contributed by atoms with E-state index in [1.54, 1.807) is 19.0 Å². The zero-order valence-corrected chi connectivity index (χ0v) is 16.1. The molecule has 5 nitrogen and oxygen atoms in total. The van der Waals surface area contributed by atoms with Crippen LogP contribution in [0.5, 0.6) is 0 Å². The van der Waals surface area contributed by atoms with Crippen molar-refractivity contribution in [2.45, 2.75) is 19.5 Å². The summed E-state index contributed by atoms with van der Waals surface area (Å²) < 4.78 is 0. The van der Waals surface area contributed by atoms with Crippen LogP contribution < -0.4 is 10.6 Å². The highest BCUT2D eigenvalue weighted by atomic mass is 35.5. The summed E-state index contributed by atoms with van der Waals surface area (Å²) in [5.74, 6) is 0.543. The summed E-state index contributed by atoms with van der Waals surface area (Å²) in [6.45, 7) is 2.64. The number of aliphatic imine (C=N–C) groups is 1. The standard InChI is InChI=1S/C20H25ClN4O/c1-15(16-9-5-4-6-10-16)24-20(23-14-19(26)25(2)3)22-13-17-11-7-8-12-18(17)21/h4-12,15H,13-14H2,1-3H3,(H2,22,23,24). The Morgan fingerprint density at radius 3 is 2.42 bits per heavy atom. The Balaban J connectivity index is 2.11. The minimum Gasteiger partial charge on any atom is -0.350 e. The monoisotopic (exact) mass is 372 g/mol. The average molecular weight is 373 g/mol. The van der Waals surface area contributed by atoms with Gasteiger partial charge < -0.3 is 15.5 Å². The highest BCUT2D eigenvalue weighted by Crippen LogP contribution is 2.16. The van der Waals surface area contributed by atoms with Gasteiger partial charge in [0.25, 0.3) is 0 Å². The summed E-state index contributed by atoms with van der Waals surface area (Å²) in [5, 5.41) is 7.12. The maximum Gasteiger partial charge on any atom is 0.241 e. The number of carbonyl (C=O) groups is 1. The van der Waals surface area contributed by atoms with Crippen molar-refractivity contribution < 1.29 is 4.79 Å². The molecule has 0 aliphatic rings. The molecule has 0 aliphatic heterocycles. The highest BCUT2D eigenvalue weighted by Gasteiger charge is 2.10. The molecular weight excluding hydrogens is 348 g/mol. The van der Waals surface area contributed by atoms with Gasteiger partial charge >= 0.3 is 0 Å². The van der Waals surface area contributed by atoms with E-state index in [2.05, 4.69) is 22.5 Å². The average Bonchev–Trinajstić information content (AvgIpc) is 2.65. The van der Waals surface area contributed by atoms with E-state index in [1.165, 1.54) is 0 Å². The van der Waals surface area contributed by atoms with E-state index in [0.717, 1.165) is 11.1 Å². The molecule has 0 fully saturated rings. The van der Waals surface area contributed by atoms with Crippen LogP contribution in [-0.4, -0.2) is 37.4 Å². The topological polar surface area (TPSA) is 56.7 Å². The van der Waals surface area contributed by atoms with Crippen LogP contribution in [-0.2, 0) is 11.3 Å². The first-order chi connectivity index (χ1) is 12.5. The molecule has 0 saturated carbocycles. The molecule has 0 aliphatic carbocycles. The number of carbonyl (C=O) groups excluding carboxylic acids is 1. The minimum atomic E-state index is -0.0235. The Morgan fingerprint density at radius 2 is 1.77 bits per heavy atom. The van der Waals surface area contributed by atoms with Crippen molar-refractivity contribution in [2.24, 2.45) is 4.99 Å². The number of hydrogen-bond acceptors (Lipinski definition) is 2. The number of hydrogen-bond donors (Lipinski definition) is 2. The summed E-state index contributed by atoms with van der Waals surface area (Å²) in [4.78, 5) is 18.0. The predicted octanol–water partition coefficient (Wildman–Crippen LogP) is 3.22. The van der Waals surface area contributed by atoms with Gasteiger partial charge in [0.15, 0.2) is 5.96 Å². The summed E-state index contributed by atoms with van der Waals surface area (Å²) in [6, 6.07) is 17.7. The van der Waals surface area contributed by atoms with Gasteiger partial charge in [-0.3, -0.25) is 4.79 Å². The van der Waals surface area contributed by atoms with Crippen molar-refractivity contribution in [2.75, 3.05) is 20.6 Å². The van der Waals surface area contributed by atoms with Crippen LogP contribution in [0.2, 0.25) is 5.02 Å². The molecule has 0 saturated heterocycles. The van der Waals surface area contributed by atoms with E-state index in [1.807, 2.05) is 54.6 Å². The zero-order chi connectivity index (χ0) is 18.9. The minimum absolute atomic E-state index is 0.0235. The summed E-state index contributed by atoms with van der Waals surface area (Å²) in [7, 11) is 3.45. The fourth-order valence-corrected chi connectivity index (χ4v) is 2.49. The Bertz CT molecular complexity index is 746. The molecule has 2 rings (SSSR count). The number of halogens is 1. The van der Waals surface area contributed by atoms with Crippen LogP contribution in [0.4, 0.5) is 0 Å². The molecule has 0 bridgehead atoms. The first-order valence-corrected chi connectivity index (χ1v) is 8.88. The van der Waals surface area contributed by atoms with Crippen molar-refractivity contribution >= 4 is 23.5 Å². The molecule has 26 heavy (non-hydrogen) atoms. The lowest BCUT2D eigenvalue weighted by Gasteiger charge is -2.19. The highest BCUT2D eigenvalue weighted by molar-refractivity contribution is 6.31. The first-order valence-electron chi connectivity index (χ1n) is 8.50. The van der Waals surface area contributed by atoms with Gasteiger partial charge in [-0.2, -0.15) is 0 Å². The van der Waals surface area contributed by atoms with Gasteiger partial charge in [0.1, 0.15) is 0 Å². The van der Waals surface area contributed by atoms with E-state index < -0.39 is 0 Å². The summed E-state index contributed by atoms with van der Waals surface area (Å²) in [6.07, 6.45) is 0. The molecule has 0 aromatic heterocycles. The first kappa shape index (κ1) is 19.8. The molecule has 0 radical (unpaired) electrons. The molecule has 0 spiro atoms. The van der Waals surface area contributed by atoms with Crippen molar-refractivity contribution in [3.63, 3.8) is 0 Å². The number of guanidine groups is 1. The Morgan fingerprint density at radius 1 is 1.12 bits per heavy atom. The molecule has 6 heteroatoms. The van der Waals surface area contributed by atoms with Crippen LogP contribution in [0.25, 0.3) is 0 Å². The van der Waals surface area contributed by atoms with E-state index >= 15 is 0 Å². The molecule has 1 unspecified atom stereocenters. The quantitative estimate of drug-likeness (QED) is 0.604. The third-order valence-electron chi connectivity index (χ3n) is 3.92. The van der Waals surface area contributed by atoms with Crippen molar-refractivity contribution in [3.05, 3.63) is 70.7 Å². The number of nitrogens with zero attached hydrogens (tertiary/aromatic N) is 2. The number of rotatable bonds is 6. The molecule has 2 aromatic carbocycles. The Kier molecular flexibility index (Phi) is 7.48. The lowest BCUT2D eigenvalue weighted by molar-refractivity contribution is -0.127. The fourth-order valence-electron chi connectivity index (χ4n) is 2.29. The normalized spacial score (nSPS) is 12.4. The van der Waals surface area contributed by atoms with Gasteiger partial charge in [-0.05, 0) is 24.1 Å². The smallest absolute Gasteiger partial charge is 0.241 e.